The van der Waals surface area contributed by atoms with Crippen LogP contribution in [0.5, 0.6) is 0 Å². The molecule has 0 aliphatic heterocycles. The van der Waals surface area contributed by atoms with E-state index >= 15 is 0 Å². The van der Waals surface area contributed by atoms with Crippen molar-refractivity contribution in [3.05, 3.63) is 11.6 Å². The van der Waals surface area contributed by atoms with E-state index in [1.165, 1.54) is 6.92 Å². The van der Waals surface area contributed by atoms with Crippen LogP contribution in [0.4, 0.5) is 0 Å². The van der Waals surface area contributed by atoms with Crippen LogP contribution in [0.25, 0.3) is 0 Å². The zero-order valence-electron chi connectivity index (χ0n) is 17.1. The number of hydrogen-bond donors (Lipinski definition) is 1. The van der Waals surface area contributed by atoms with Gasteiger partial charge in [-0.2, -0.15) is 8.42 Å². The van der Waals surface area contributed by atoms with Crippen molar-refractivity contribution in [3.63, 3.8) is 0 Å². The number of Topliss-reactive ketones (excluding diaryl/α,β-unsaturated/α-hetero) is 1. The third kappa shape index (κ3) is 3.57. The monoisotopic (exact) mass is 426 g/mol. The van der Waals surface area contributed by atoms with Gasteiger partial charge in [0.1, 0.15) is 11.9 Å². The summed E-state index contributed by atoms with van der Waals surface area (Å²) in [6.45, 7) is 3.40. The highest BCUT2D eigenvalue weighted by Crippen LogP contribution is 2.64. The Morgan fingerprint density at radius 3 is 2.69 bits per heavy atom. The molecule has 0 aromatic carbocycles. The first kappa shape index (κ1) is 21.0. The number of fused-ring (bicyclic) bond motifs is 5. The normalized spacial score (nSPS) is 41.8. The SMILES string of the molecule is CC(=O)O[C@H]1CC[C@@]2(COS(=O)(=O)O)C(=CC[C@@H]3[C@@H]2CC[C@]2(C)C(=O)CC[C@@H]32)C1. The number of ether oxygens (including phenoxy) is 1. The van der Waals surface area contributed by atoms with E-state index in [1.807, 2.05) is 0 Å². The number of allylic oxidation sites excluding steroid dienone is 1. The molecule has 0 aromatic rings. The number of carbonyl (C=O) groups excluding carboxylic acids is 2. The summed E-state index contributed by atoms with van der Waals surface area (Å²) in [5.41, 5.74) is 0.308. The fourth-order valence-corrected chi connectivity index (χ4v) is 7.34. The predicted octanol–water partition coefficient (Wildman–Crippen LogP) is 3.25. The first-order valence-corrected chi connectivity index (χ1v) is 11.9. The van der Waals surface area contributed by atoms with Crippen LogP contribution in [0.2, 0.25) is 0 Å². The highest BCUT2D eigenvalue weighted by atomic mass is 32.3. The average Bonchev–Trinajstić information content (AvgIpc) is 2.94. The second kappa shape index (κ2) is 7.17. The summed E-state index contributed by atoms with van der Waals surface area (Å²) < 4.78 is 42.4. The predicted molar refractivity (Wildman–Crippen MR) is 104 cm³/mol. The highest BCUT2D eigenvalue weighted by molar-refractivity contribution is 7.80. The van der Waals surface area contributed by atoms with Gasteiger partial charge < -0.3 is 4.74 Å². The largest absolute Gasteiger partial charge is 0.462 e. The molecule has 29 heavy (non-hydrogen) atoms. The number of hydrogen-bond acceptors (Lipinski definition) is 6. The van der Waals surface area contributed by atoms with Crippen molar-refractivity contribution in [3.8, 4) is 0 Å². The van der Waals surface area contributed by atoms with Crippen molar-refractivity contribution in [2.24, 2.45) is 28.6 Å². The lowest BCUT2D eigenvalue weighted by atomic mass is 9.47. The van der Waals surface area contributed by atoms with E-state index in [2.05, 4.69) is 13.0 Å². The van der Waals surface area contributed by atoms with Crippen LogP contribution in [0, 0.1) is 28.6 Å². The summed E-state index contributed by atoms with van der Waals surface area (Å²) in [7, 11) is -4.55. The summed E-state index contributed by atoms with van der Waals surface area (Å²) in [5, 5.41) is 0. The van der Waals surface area contributed by atoms with Crippen LogP contribution in [0.15, 0.2) is 11.6 Å². The van der Waals surface area contributed by atoms with Crippen LogP contribution >= 0.6 is 0 Å². The molecule has 4 aliphatic carbocycles. The molecule has 4 aliphatic rings. The van der Waals surface area contributed by atoms with Gasteiger partial charge in [-0.1, -0.05) is 18.6 Å². The van der Waals surface area contributed by atoms with E-state index in [1.54, 1.807) is 0 Å². The van der Waals surface area contributed by atoms with Crippen molar-refractivity contribution < 1.29 is 31.5 Å². The molecule has 0 amide bonds. The van der Waals surface area contributed by atoms with E-state index in [0.717, 1.165) is 31.3 Å². The zero-order valence-corrected chi connectivity index (χ0v) is 17.9. The molecule has 4 rings (SSSR count). The standard InChI is InChI=1S/C21H30O7S/c1-13(22)28-15-7-10-21(12-27-29(24,25)26)14(11-15)3-4-16-17-5-6-19(23)20(17,2)9-8-18(16)21/h3,15-18H,4-12H2,1-2H3,(H,24,25,26)/t15-,16-,17-,18-,20-,21+/m0/s1. The van der Waals surface area contributed by atoms with Crippen LogP contribution < -0.4 is 0 Å². The van der Waals surface area contributed by atoms with Crippen molar-refractivity contribution in [1.82, 2.24) is 0 Å². The van der Waals surface area contributed by atoms with Gasteiger partial charge in [0, 0.05) is 30.6 Å². The quantitative estimate of drug-likeness (QED) is 0.418. The topological polar surface area (TPSA) is 107 Å². The van der Waals surface area contributed by atoms with Gasteiger partial charge in [0.25, 0.3) is 0 Å². The Balaban J connectivity index is 1.67. The number of ketones is 1. The minimum Gasteiger partial charge on any atom is -0.462 e. The van der Waals surface area contributed by atoms with Gasteiger partial charge in [0.15, 0.2) is 0 Å². The molecule has 0 heterocycles. The molecule has 8 heteroatoms. The molecular formula is C21H30O7S. The molecule has 0 unspecified atom stereocenters. The van der Waals surface area contributed by atoms with Crippen molar-refractivity contribution in [1.29, 1.82) is 0 Å². The van der Waals surface area contributed by atoms with Gasteiger partial charge in [0.05, 0.1) is 6.61 Å². The summed E-state index contributed by atoms with van der Waals surface area (Å²) in [4.78, 5) is 24.0. The lowest BCUT2D eigenvalue weighted by Crippen LogP contribution is -2.53. The maximum Gasteiger partial charge on any atom is 0.397 e. The van der Waals surface area contributed by atoms with Gasteiger partial charge in [-0.05, 0) is 56.3 Å². The van der Waals surface area contributed by atoms with Crippen molar-refractivity contribution >= 4 is 22.2 Å². The fraction of sp³-hybridized carbons (Fsp3) is 0.810. The summed E-state index contributed by atoms with van der Waals surface area (Å²) in [6.07, 6.45) is 7.83. The third-order valence-corrected chi connectivity index (χ3v) is 8.71. The van der Waals surface area contributed by atoms with E-state index in [-0.39, 0.29) is 30.0 Å². The Bertz CT molecular complexity index is 847. The molecule has 0 spiro atoms. The zero-order chi connectivity index (χ0) is 21.0. The maximum absolute atomic E-state index is 12.6. The Morgan fingerprint density at radius 2 is 2.00 bits per heavy atom. The second-order valence-electron chi connectivity index (χ2n) is 9.58. The van der Waals surface area contributed by atoms with Crippen LogP contribution in [0.1, 0.15) is 65.2 Å². The average molecular weight is 427 g/mol. The van der Waals surface area contributed by atoms with E-state index < -0.39 is 15.8 Å². The molecular weight excluding hydrogens is 396 g/mol. The van der Waals surface area contributed by atoms with Gasteiger partial charge in [-0.25, -0.2) is 4.18 Å². The van der Waals surface area contributed by atoms with Gasteiger partial charge in [-0.15, -0.1) is 0 Å². The van der Waals surface area contributed by atoms with Gasteiger partial charge >= 0.3 is 16.4 Å². The lowest BCUT2D eigenvalue weighted by Gasteiger charge is -2.57. The maximum atomic E-state index is 12.6. The Hall–Kier alpha value is -1.25. The number of rotatable bonds is 4. The molecule has 1 N–H and O–H groups in total. The van der Waals surface area contributed by atoms with Gasteiger partial charge in [-0.3, -0.25) is 14.1 Å². The van der Waals surface area contributed by atoms with Crippen LogP contribution in [-0.2, 0) is 28.9 Å². The Kier molecular flexibility index (Phi) is 5.19. The molecule has 6 atom stereocenters. The summed E-state index contributed by atoms with van der Waals surface area (Å²) >= 11 is 0. The molecule has 0 bridgehead atoms. The molecule has 0 radical (unpaired) electrons. The molecule has 7 nitrogen and oxygen atoms in total. The van der Waals surface area contributed by atoms with E-state index in [9.17, 15) is 22.6 Å². The lowest BCUT2D eigenvalue weighted by molar-refractivity contribution is -0.149. The first-order chi connectivity index (χ1) is 13.6. The first-order valence-electron chi connectivity index (χ1n) is 10.6. The Labute approximate surface area is 172 Å². The van der Waals surface area contributed by atoms with Crippen LogP contribution in [0.3, 0.4) is 0 Å². The molecule has 0 aromatic heterocycles. The minimum absolute atomic E-state index is 0.0942. The smallest absolute Gasteiger partial charge is 0.397 e. The molecule has 162 valence electrons. The van der Waals surface area contributed by atoms with Gasteiger partial charge in [0.2, 0.25) is 0 Å². The van der Waals surface area contributed by atoms with E-state index in [0.29, 0.717) is 43.3 Å². The summed E-state index contributed by atoms with van der Waals surface area (Å²) in [6, 6.07) is 0. The van der Waals surface area contributed by atoms with Crippen molar-refractivity contribution in [2.45, 2.75) is 71.3 Å². The molecule has 3 saturated carbocycles. The third-order valence-electron chi connectivity index (χ3n) is 8.29. The fourth-order valence-electron chi connectivity index (χ4n) is 6.98. The molecule has 3 fully saturated rings. The highest BCUT2D eigenvalue weighted by Gasteiger charge is 2.60. The van der Waals surface area contributed by atoms with Crippen molar-refractivity contribution in [2.75, 3.05) is 6.61 Å². The van der Waals surface area contributed by atoms with E-state index in [4.69, 9.17) is 8.92 Å². The second-order valence-corrected chi connectivity index (χ2v) is 10.7. The number of carbonyl (C=O) groups is 2. The number of esters is 1. The van der Waals surface area contributed by atoms with Crippen LogP contribution in [-0.4, -0.2) is 37.4 Å². The minimum atomic E-state index is -4.55. The molecule has 0 saturated heterocycles. The summed E-state index contributed by atoms with van der Waals surface area (Å²) in [5.74, 6) is 0.854. The Morgan fingerprint density at radius 1 is 1.24 bits per heavy atom.